The van der Waals surface area contributed by atoms with Gasteiger partial charge in [-0.3, -0.25) is 9.59 Å². The molecule has 2 aromatic carbocycles. The minimum absolute atomic E-state index is 0.00740. The van der Waals surface area contributed by atoms with Crippen molar-refractivity contribution in [2.75, 3.05) is 24.5 Å². The summed E-state index contributed by atoms with van der Waals surface area (Å²) in [7, 11) is 0. The zero-order valence-corrected chi connectivity index (χ0v) is 17.7. The van der Waals surface area contributed by atoms with Crippen LogP contribution in [0.2, 0.25) is 0 Å². The fourth-order valence-electron chi connectivity index (χ4n) is 4.60. The van der Waals surface area contributed by atoms with E-state index in [0.717, 1.165) is 45.2 Å². The SMILES string of the molecule is Cc1cccc(N2CCC(NC(=O)[C@@H]3CCCCN3C(=O)c3ccccc3)CC2)c1. The Morgan fingerprint density at radius 2 is 1.67 bits per heavy atom. The van der Waals surface area contributed by atoms with Crippen LogP contribution < -0.4 is 10.2 Å². The van der Waals surface area contributed by atoms with Gasteiger partial charge in [0.1, 0.15) is 6.04 Å². The maximum Gasteiger partial charge on any atom is 0.254 e. The highest BCUT2D eigenvalue weighted by molar-refractivity contribution is 5.97. The Labute approximate surface area is 179 Å². The molecule has 0 unspecified atom stereocenters. The molecule has 0 bridgehead atoms. The summed E-state index contributed by atoms with van der Waals surface area (Å²) in [6.07, 6.45) is 4.55. The van der Waals surface area contributed by atoms with Crippen LogP contribution in [0.3, 0.4) is 0 Å². The van der Waals surface area contributed by atoms with Crippen LogP contribution >= 0.6 is 0 Å². The minimum atomic E-state index is -0.360. The number of nitrogens with one attached hydrogen (secondary N) is 1. The molecule has 158 valence electrons. The second-order valence-electron chi connectivity index (χ2n) is 8.49. The lowest BCUT2D eigenvalue weighted by Crippen LogP contribution is -2.55. The zero-order chi connectivity index (χ0) is 20.9. The Balaban J connectivity index is 1.35. The van der Waals surface area contributed by atoms with Crippen molar-refractivity contribution in [3.63, 3.8) is 0 Å². The van der Waals surface area contributed by atoms with Crippen molar-refractivity contribution in [1.82, 2.24) is 10.2 Å². The van der Waals surface area contributed by atoms with Gasteiger partial charge in [0, 0.05) is 36.9 Å². The lowest BCUT2D eigenvalue weighted by molar-refractivity contribution is -0.127. The number of rotatable bonds is 4. The third-order valence-corrected chi connectivity index (χ3v) is 6.30. The molecule has 0 spiro atoms. The highest BCUT2D eigenvalue weighted by Crippen LogP contribution is 2.23. The molecule has 2 heterocycles. The second-order valence-corrected chi connectivity index (χ2v) is 8.49. The average Bonchev–Trinajstić information content (AvgIpc) is 2.79. The van der Waals surface area contributed by atoms with E-state index in [1.807, 2.05) is 30.3 Å². The van der Waals surface area contributed by atoms with E-state index in [-0.39, 0.29) is 23.9 Å². The third-order valence-electron chi connectivity index (χ3n) is 6.30. The molecule has 1 N–H and O–H groups in total. The number of amides is 2. The summed E-state index contributed by atoms with van der Waals surface area (Å²) in [6, 6.07) is 17.7. The van der Waals surface area contributed by atoms with Gasteiger partial charge in [-0.2, -0.15) is 0 Å². The van der Waals surface area contributed by atoms with Crippen molar-refractivity contribution >= 4 is 17.5 Å². The molecule has 2 aliphatic heterocycles. The molecule has 30 heavy (non-hydrogen) atoms. The topological polar surface area (TPSA) is 52.7 Å². The van der Waals surface area contributed by atoms with Gasteiger partial charge >= 0.3 is 0 Å². The van der Waals surface area contributed by atoms with Crippen molar-refractivity contribution in [3.8, 4) is 0 Å². The first-order chi connectivity index (χ1) is 14.6. The Morgan fingerprint density at radius 3 is 2.40 bits per heavy atom. The summed E-state index contributed by atoms with van der Waals surface area (Å²) >= 11 is 0. The summed E-state index contributed by atoms with van der Waals surface area (Å²) < 4.78 is 0. The fraction of sp³-hybridized carbons (Fsp3) is 0.440. The number of piperidine rings is 2. The fourth-order valence-corrected chi connectivity index (χ4v) is 4.60. The van der Waals surface area contributed by atoms with Crippen LogP contribution in [0.25, 0.3) is 0 Å². The van der Waals surface area contributed by atoms with Gasteiger partial charge in [0.15, 0.2) is 0 Å². The average molecular weight is 406 g/mol. The number of aryl methyl sites for hydroxylation is 1. The molecule has 2 aromatic rings. The van der Waals surface area contributed by atoms with Gasteiger partial charge in [0.05, 0.1) is 0 Å². The quantitative estimate of drug-likeness (QED) is 0.842. The molecular formula is C25H31N3O2. The maximum atomic E-state index is 13.1. The lowest BCUT2D eigenvalue weighted by atomic mass is 9.98. The Morgan fingerprint density at radius 1 is 0.900 bits per heavy atom. The van der Waals surface area contributed by atoms with Crippen LogP contribution in [0, 0.1) is 6.92 Å². The van der Waals surface area contributed by atoms with Crippen LogP contribution in [-0.2, 0) is 4.79 Å². The first-order valence-electron chi connectivity index (χ1n) is 11.1. The molecule has 2 saturated heterocycles. The Kier molecular flexibility index (Phi) is 6.36. The van der Waals surface area contributed by atoms with Crippen molar-refractivity contribution in [2.45, 2.75) is 51.1 Å². The van der Waals surface area contributed by atoms with Gasteiger partial charge in [0.2, 0.25) is 5.91 Å². The molecule has 2 amide bonds. The van der Waals surface area contributed by atoms with Crippen LogP contribution in [0.15, 0.2) is 54.6 Å². The number of carbonyl (C=O) groups is 2. The van der Waals surface area contributed by atoms with E-state index < -0.39 is 0 Å². The summed E-state index contributed by atoms with van der Waals surface area (Å²) in [5.74, 6) is -0.0299. The normalized spacial score (nSPS) is 20.1. The van der Waals surface area contributed by atoms with E-state index >= 15 is 0 Å². The number of benzene rings is 2. The van der Waals surface area contributed by atoms with E-state index in [9.17, 15) is 9.59 Å². The number of hydrogen-bond donors (Lipinski definition) is 1. The molecule has 5 nitrogen and oxygen atoms in total. The van der Waals surface area contributed by atoms with Crippen molar-refractivity contribution < 1.29 is 9.59 Å². The Hall–Kier alpha value is -2.82. The molecule has 0 aliphatic carbocycles. The molecule has 2 aliphatic rings. The third kappa shape index (κ3) is 4.66. The predicted molar refractivity (Wildman–Crippen MR) is 120 cm³/mol. The summed E-state index contributed by atoms with van der Waals surface area (Å²) in [6.45, 7) is 4.64. The lowest BCUT2D eigenvalue weighted by Gasteiger charge is -2.38. The van der Waals surface area contributed by atoms with E-state index in [2.05, 4.69) is 41.4 Å². The van der Waals surface area contributed by atoms with Gasteiger partial charge in [-0.1, -0.05) is 30.3 Å². The van der Waals surface area contributed by atoms with Crippen LogP contribution in [0.5, 0.6) is 0 Å². The minimum Gasteiger partial charge on any atom is -0.371 e. The largest absolute Gasteiger partial charge is 0.371 e. The zero-order valence-electron chi connectivity index (χ0n) is 17.7. The van der Waals surface area contributed by atoms with E-state index in [1.165, 1.54) is 11.3 Å². The molecule has 4 rings (SSSR count). The standard InChI is InChI=1S/C25H31N3O2/c1-19-8-7-11-22(18-19)27-16-13-21(14-17-27)26-24(29)23-12-5-6-15-28(23)25(30)20-9-3-2-4-10-20/h2-4,7-11,18,21,23H,5-6,12-17H2,1H3,(H,26,29)/t23-/m0/s1. The van der Waals surface area contributed by atoms with Crippen molar-refractivity contribution in [1.29, 1.82) is 0 Å². The molecule has 2 fully saturated rings. The first kappa shape index (κ1) is 20.5. The van der Waals surface area contributed by atoms with Gasteiger partial charge < -0.3 is 15.1 Å². The van der Waals surface area contributed by atoms with E-state index in [0.29, 0.717) is 12.1 Å². The number of likely N-dealkylation sites (tertiary alicyclic amines) is 1. The van der Waals surface area contributed by atoms with Gasteiger partial charge in [-0.05, 0) is 68.9 Å². The van der Waals surface area contributed by atoms with E-state index in [4.69, 9.17) is 0 Å². The summed E-state index contributed by atoms with van der Waals surface area (Å²) in [4.78, 5) is 30.2. The van der Waals surface area contributed by atoms with Crippen LogP contribution in [0.1, 0.15) is 48.0 Å². The number of carbonyl (C=O) groups excluding carboxylic acids is 2. The van der Waals surface area contributed by atoms with Gasteiger partial charge in [-0.25, -0.2) is 0 Å². The number of anilines is 1. The maximum absolute atomic E-state index is 13.1. The highest BCUT2D eigenvalue weighted by Gasteiger charge is 2.34. The predicted octanol–water partition coefficient (Wildman–Crippen LogP) is 3.77. The molecule has 0 saturated carbocycles. The second kappa shape index (κ2) is 9.33. The summed E-state index contributed by atoms with van der Waals surface area (Å²) in [5, 5.41) is 3.25. The first-order valence-corrected chi connectivity index (χ1v) is 11.1. The van der Waals surface area contributed by atoms with Gasteiger partial charge in [0.25, 0.3) is 5.91 Å². The van der Waals surface area contributed by atoms with E-state index in [1.54, 1.807) is 4.90 Å². The van der Waals surface area contributed by atoms with Crippen LogP contribution in [-0.4, -0.2) is 48.4 Å². The molecular weight excluding hydrogens is 374 g/mol. The molecule has 5 heteroatoms. The molecule has 0 aromatic heterocycles. The monoisotopic (exact) mass is 405 g/mol. The number of hydrogen-bond acceptors (Lipinski definition) is 3. The Bertz CT molecular complexity index is 875. The van der Waals surface area contributed by atoms with Gasteiger partial charge in [-0.15, -0.1) is 0 Å². The van der Waals surface area contributed by atoms with Crippen molar-refractivity contribution in [3.05, 3.63) is 65.7 Å². The molecule has 0 radical (unpaired) electrons. The number of nitrogens with zero attached hydrogens (tertiary/aromatic N) is 2. The van der Waals surface area contributed by atoms with Crippen LogP contribution in [0.4, 0.5) is 5.69 Å². The van der Waals surface area contributed by atoms with Crippen molar-refractivity contribution in [2.24, 2.45) is 0 Å². The smallest absolute Gasteiger partial charge is 0.254 e. The summed E-state index contributed by atoms with van der Waals surface area (Å²) in [5.41, 5.74) is 3.18. The highest BCUT2D eigenvalue weighted by atomic mass is 16.2. The molecule has 1 atom stereocenters.